The van der Waals surface area contributed by atoms with Crippen molar-refractivity contribution in [2.75, 3.05) is 6.54 Å². The van der Waals surface area contributed by atoms with Gasteiger partial charge in [-0.1, -0.05) is 67.8 Å². The van der Waals surface area contributed by atoms with Crippen LogP contribution in [0.3, 0.4) is 0 Å². The van der Waals surface area contributed by atoms with Crippen LogP contribution in [0.25, 0.3) is 11.3 Å². The molecule has 0 amide bonds. The molecule has 0 spiro atoms. The van der Waals surface area contributed by atoms with E-state index in [0.29, 0.717) is 6.54 Å². The second kappa shape index (κ2) is 10.5. The molecule has 0 aliphatic heterocycles. The van der Waals surface area contributed by atoms with E-state index in [1.165, 1.54) is 48.8 Å². The highest BCUT2D eigenvalue weighted by Gasteiger charge is 2.15. The molecule has 172 valence electrons. The number of hydrogen-bond acceptors (Lipinski definition) is 3. The Morgan fingerprint density at radius 3 is 2.39 bits per heavy atom. The molecule has 3 aromatic rings. The molecule has 4 rings (SSSR count). The van der Waals surface area contributed by atoms with Crippen molar-refractivity contribution in [2.24, 2.45) is 10.1 Å². The molecule has 1 fully saturated rings. The molecule has 3 nitrogen and oxygen atoms in total. The fourth-order valence-corrected chi connectivity index (χ4v) is 5.28. The van der Waals surface area contributed by atoms with Crippen LogP contribution in [0.5, 0.6) is 0 Å². The fraction of sp³-hybridized carbons (Fsp3) is 0.379. The Labute approximate surface area is 202 Å². The predicted octanol–water partition coefficient (Wildman–Crippen LogP) is 7.63. The Hall–Kier alpha value is -2.72. The summed E-state index contributed by atoms with van der Waals surface area (Å²) < 4.78 is 2.00. The SMILES string of the molecule is C=C(C)CN=c1scc(-c2ccc(C)c(C)c2)n1N=C(C)c1ccc(C2CCCCC2)cc1. The smallest absolute Gasteiger partial charge is 0.206 e. The van der Waals surface area contributed by atoms with E-state index >= 15 is 0 Å². The Morgan fingerprint density at radius 1 is 1.00 bits per heavy atom. The Bertz CT molecular complexity index is 1220. The van der Waals surface area contributed by atoms with Gasteiger partial charge in [0.25, 0.3) is 0 Å². The lowest BCUT2D eigenvalue weighted by Gasteiger charge is -2.22. The van der Waals surface area contributed by atoms with Crippen molar-refractivity contribution < 1.29 is 0 Å². The zero-order chi connectivity index (χ0) is 23.4. The first kappa shape index (κ1) is 23.4. The molecule has 0 atom stereocenters. The highest BCUT2D eigenvalue weighted by molar-refractivity contribution is 7.07. The zero-order valence-corrected chi connectivity index (χ0v) is 21.2. The second-order valence-electron chi connectivity index (χ2n) is 9.43. The molecule has 1 aliphatic carbocycles. The molecule has 1 saturated carbocycles. The van der Waals surface area contributed by atoms with Crippen LogP contribution in [0.15, 0.2) is 70.1 Å². The third kappa shape index (κ3) is 5.62. The van der Waals surface area contributed by atoms with E-state index in [0.717, 1.165) is 38.8 Å². The lowest BCUT2D eigenvalue weighted by Crippen LogP contribution is -2.15. The van der Waals surface area contributed by atoms with Crippen LogP contribution in [0.4, 0.5) is 0 Å². The molecule has 1 aliphatic rings. The van der Waals surface area contributed by atoms with Crippen molar-refractivity contribution in [1.29, 1.82) is 0 Å². The van der Waals surface area contributed by atoms with Gasteiger partial charge in [0.1, 0.15) is 0 Å². The second-order valence-corrected chi connectivity index (χ2v) is 10.3. The van der Waals surface area contributed by atoms with Crippen molar-refractivity contribution in [1.82, 2.24) is 4.68 Å². The van der Waals surface area contributed by atoms with Crippen LogP contribution in [0.1, 0.15) is 74.1 Å². The van der Waals surface area contributed by atoms with Crippen LogP contribution in [-0.2, 0) is 0 Å². The minimum atomic E-state index is 0.609. The predicted molar refractivity (Wildman–Crippen MR) is 142 cm³/mol. The average Bonchev–Trinajstić information content (AvgIpc) is 3.22. The maximum absolute atomic E-state index is 5.06. The van der Waals surface area contributed by atoms with Crippen LogP contribution in [-0.4, -0.2) is 16.9 Å². The standard InChI is InChI=1S/C29H35N3S/c1-20(2)18-30-29-32(28(19-33-29)27-12-11-21(3)22(4)17-27)31-23(5)24-13-15-26(16-14-24)25-9-7-6-8-10-25/h11-17,19,25H,1,6-10,18H2,2-5H3. The molecule has 1 aromatic heterocycles. The van der Waals surface area contributed by atoms with Crippen molar-refractivity contribution >= 4 is 17.0 Å². The summed E-state index contributed by atoms with van der Waals surface area (Å²) in [5, 5.41) is 7.22. The monoisotopic (exact) mass is 457 g/mol. The maximum atomic E-state index is 5.06. The molecule has 4 heteroatoms. The highest BCUT2D eigenvalue weighted by Crippen LogP contribution is 2.32. The van der Waals surface area contributed by atoms with E-state index in [1.54, 1.807) is 11.3 Å². The fourth-order valence-electron chi connectivity index (χ4n) is 4.45. The van der Waals surface area contributed by atoms with Gasteiger partial charge < -0.3 is 0 Å². The van der Waals surface area contributed by atoms with Gasteiger partial charge in [-0.25, -0.2) is 4.68 Å². The lowest BCUT2D eigenvalue weighted by atomic mass is 9.84. The molecule has 33 heavy (non-hydrogen) atoms. The summed E-state index contributed by atoms with van der Waals surface area (Å²) in [7, 11) is 0. The van der Waals surface area contributed by atoms with E-state index in [2.05, 4.69) is 75.2 Å². The number of benzene rings is 2. The highest BCUT2D eigenvalue weighted by atomic mass is 32.1. The zero-order valence-electron chi connectivity index (χ0n) is 20.4. The van der Waals surface area contributed by atoms with E-state index in [1.807, 2.05) is 11.6 Å². The van der Waals surface area contributed by atoms with E-state index < -0.39 is 0 Å². The number of aromatic nitrogens is 1. The molecule has 0 radical (unpaired) electrons. The third-order valence-electron chi connectivity index (χ3n) is 6.63. The minimum Gasteiger partial charge on any atom is -0.253 e. The summed E-state index contributed by atoms with van der Waals surface area (Å²) in [6.45, 7) is 13.0. The summed E-state index contributed by atoms with van der Waals surface area (Å²) in [6.07, 6.45) is 6.76. The van der Waals surface area contributed by atoms with Gasteiger partial charge >= 0.3 is 0 Å². The molecule has 0 N–H and O–H groups in total. The Morgan fingerprint density at radius 2 is 1.73 bits per heavy atom. The van der Waals surface area contributed by atoms with Gasteiger partial charge in [0.15, 0.2) is 0 Å². The molecule has 0 bridgehead atoms. The first-order valence-corrected chi connectivity index (χ1v) is 12.9. The molecular formula is C29H35N3S. The van der Waals surface area contributed by atoms with Crippen molar-refractivity contribution in [3.8, 4) is 11.3 Å². The quantitative estimate of drug-likeness (QED) is 0.269. The molecule has 0 unspecified atom stereocenters. The van der Waals surface area contributed by atoms with Gasteiger partial charge in [0, 0.05) is 10.9 Å². The average molecular weight is 458 g/mol. The van der Waals surface area contributed by atoms with Gasteiger partial charge in [-0.2, -0.15) is 5.10 Å². The molecule has 0 saturated heterocycles. The lowest BCUT2D eigenvalue weighted by molar-refractivity contribution is 0.443. The van der Waals surface area contributed by atoms with Crippen molar-refractivity contribution in [3.63, 3.8) is 0 Å². The number of nitrogens with zero attached hydrogens (tertiary/aromatic N) is 3. The van der Waals surface area contributed by atoms with E-state index in [-0.39, 0.29) is 0 Å². The molecular weight excluding hydrogens is 422 g/mol. The van der Waals surface area contributed by atoms with Gasteiger partial charge in [-0.3, -0.25) is 4.99 Å². The van der Waals surface area contributed by atoms with Gasteiger partial charge in [-0.05, 0) is 74.8 Å². The minimum absolute atomic E-state index is 0.609. The van der Waals surface area contributed by atoms with Crippen molar-refractivity contribution in [2.45, 2.75) is 65.7 Å². The normalized spacial score (nSPS) is 15.8. The van der Waals surface area contributed by atoms with Crippen LogP contribution < -0.4 is 4.80 Å². The largest absolute Gasteiger partial charge is 0.253 e. The first-order chi connectivity index (χ1) is 15.9. The molecule has 2 aromatic carbocycles. The Kier molecular flexibility index (Phi) is 7.44. The van der Waals surface area contributed by atoms with E-state index in [9.17, 15) is 0 Å². The number of aryl methyl sites for hydroxylation is 2. The Balaban J connectivity index is 1.71. The number of hydrogen-bond donors (Lipinski definition) is 0. The van der Waals surface area contributed by atoms with Gasteiger partial charge in [-0.15, -0.1) is 11.3 Å². The van der Waals surface area contributed by atoms with Crippen LogP contribution in [0.2, 0.25) is 0 Å². The van der Waals surface area contributed by atoms with Gasteiger partial charge in [0.2, 0.25) is 4.80 Å². The molecule has 1 heterocycles. The maximum Gasteiger partial charge on any atom is 0.206 e. The summed E-state index contributed by atoms with van der Waals surface area (Å²) >= 11 is 1.63. The summed E-state index contributed by atoms with van der Waals surface area (Å²) in [4.78, 5) is 5.68. The van der Waals surface area contributed by atoms with Crippen LogP contribution >= 0.6 is 11.3 Å². The van der Waals surface area contributed by atoms with Crippen molar-refractivity contribution in [3.05, 3.63) is 87.1 Å². The summed E-state index contributed by atoms with van der Waals surface area (Å²) in [5.74, 6) is 0.722. The van der Waals surface area contributed by atoms with Crippen LogP contribution in [0, 0.1) is 13.8 Å². The summed E-state index contributed by atoms with van der Waals surface area (Å²) in [6, 6.07) is 15.7. The topological polar surface area (TPSA) is 29.6 Å². The number of rotatable bonds is 6. The number of thiazole rings is 1. The third-order valence-corrected chi connectivity index (χ3v) is 7.48. The van der Waals surface area contributed by atoms with Gasteiger partial charge in [0.05, 0.1) is 18.0 Å². The van der Waals surface area contributed by atoms with E-state index in [4.69, 9.17) is 10.1 Å². The first-order valence-electron chi connectivity index (χ1n) is 12.0. The summed E-state index contributed by atoms with van der Waals surface area (Å²) in [5.41, 5.74) is 9.48.